The van der Waals surface area contributed by atoms with Gasteiger partial charge in [-0.15, -0.1) is 0 Å². The van der Waals surface area contributed by atoms with Crippen LogP contribution in [0, 0.1) is 0 Å². The highest BCUT2D eigenvalue weighted by molar-refractivity contribution is 8.00. The zero-order chi connectivity index (χ0) is 39.4. The lowest BCUT2D eigenvalue weighted by Crippen LogP contribution is -2.35. The van der Waals surface area contributed by atoms with Crippen molar-refractivity contribution in [1.29, 1.82) is 0 Å². The molecule has 0 radical (unpaired) electrons. The number of anilines is 6. The molecule has 2 nitrogen and oxygen atoms in total. The lowest BCUT2D eigenvalue weighted by atomic mass is 9.69. The van der Waals surface area contributed by atoms with Crippen LogP contribution in [0.3, 0.4) is 0 Å². The predicted octanol–water partition coefficient (Wildman–Crippen LogP) is 15.6. The van der Waals surface area contributed by atoms with Crippen molar-refractivity contribution in [2.24, 2.45) is 0 Å². The first-order chi connectivity index (χ1) is 27.3. The third kappa shape index (κ3) is 5.44. The largest absolute Gasteiger partial charge is 0.417 e. The van der Waals surface area contributed by atoms with Gasteiger partial charge < -0.3 is 9.80 Å². The average molecular weight is 801 g/mol. The summed E-state index contributed by atoms with van der Waals surface area (Å²) in [6.45, 7) is 4.06. The van der Waals surface area contributed by atoms with Gasteiger partial charge in [0.05, 0.1) is 45.3 Å². The van der Waals surface area contributed by atoms with Gasteiger partial charge in [-0.05, 0) is 77.4 Å². The van der Waals surface area contributed by atoms with Crippen molar-refractivity contribution in [3.05, 3.63) is 168 Å². The predicted molar refractivity (Wildman–Crippen MR) is 217 cm³/mol. The van der Waals surface area contributed by atoms with Crippen LogP contribution in [-0.2, 0) is 17.8 Å². The molecule has 0 atom stereocenters. The fourth-order valence-electron chi connectivity index (χ4n) is 8.68. The zero-order valence-electron chi connectivity index (χ0n) is 30.3. The number of hydrogen-bond donors (Lipinski definition) is 0. The Bertz CT molecular complexity index is 2740. The minimum Gasteiger partial charge on any atom is -0.307 e. The molecular weight excluding hydrogens is 771 g/mol. The maximum atomic E-state index is 15.3. The molecule has 10 heteroatoms. The average Bonchev–Trinajstić information content (AvgIpc) is 3.20. The van der Waals surface area contributed by atoms with Crippen LogP contribution in [0.25, 0.3) is 22.3 Å². The number of rotatable bonds is 3. The number of benzene rings is 7. The van der Waals surface area contributed by atoms with E-state index in [1.54, 1.807) is 41.7 Å². The van der Waals surface area contributed by atoms with E-state index in [0.29, 0.717) is 16.9 Å². The quantitative estimate of drug-likeness (QED) is 0.164. The number of alkyl halides is 6. The molecule has 3 aliphatic rings. The van der Waals surface area contributed by atoms with Gasteiger partial charge in [-0.25, -0.2) is 0 Å². The van der Waals surface area contributed by atoms with Gasteiger partial charge in [-0.1, -0.05) is 122 Å². The molecule has 0 spiro atoms. The van der Waals surface area contributed by atoms with Gasteiger partial charge in [0.25, 0.3) is 0 Å². The Labute approximate surface area is 333 Å². The second kappa shape index (κ2) is 12.7. The molecule has 0 bridgehead atoms. The molecular formula is C47H30F6N2S2. The number of halogens is 6. The Morgan fingerprint density at radius 3 is 1.33 bits per heavy atom. The molecule has 282 valence electrons. The van der Waals surface area contributed by atoms with Gasteiger partial charge in [0.15, 0.2) is 0 Å². The van der Waals surface area contributed by atoms with Crippen LogP contribution in [0.2, 0.25) is 0 Å². The normalized spacial score (nSPS) is 14.9. The molecule has 0 aliphatic carbocycles. The highest BCUT2D eigenvalue weighted by Gasteiger charge is 2.48. The Hall–Kier alpha value is -5.58. The van der Waals surface area contributed by atoms with Crippen molar-refractivity contribution in [2.45, 2.75) is 51.2 Å². The van der Waals surface area contributed by atoms with Crippen molar-refractivity contribution < 1.29 is 26.3 Å². The van der Waals surface area contributed by atoms with E-state index in [0.717, 1.165) is 60.0 Å². The second-order valence-corrected chi connectivity index (χ2v) is 16.9. The standard InChI is InChI=1S/C47H30F6N2S2/c1-45(2)33-18-13-25-40-44(33)55(36-21-9-12-24-39(36)57-40)43-30(28-15-4-6-17-32(28)47(51,52)53)26-29(27-14-3-5-16-31(27)46(48,49)50)42(41(43)45)54-34-19-7-10-22-37(34)56-38-23-11-8-20-35(38)54/h3-26H,1-2H3. The monoisotopic (exact) mass is 800 g/mol. The summed E-state index contributed by atoms with van der Waals surface area (Å²) in [7, 11) is 0. The number of hydrogen-bond acceptors (Lipinski definition) is 4. The molecule has 57 heavy (non-hydrogen) atoms. The molecule has 0 aromatic heterocycles. The van der Waals surface area contributed by atoms with Gasteiger partial charge >= 0.3 is 12.4 Å². The molecule has 0 saturated carbocycles. The Morgan fingerprint density at radius 1 is 0.421 bits per heavy atom. The molecule has 0 unspecified atom stereocenters. The van der Waals surface area contributed by atoms with E-state index in [-0.39, 0.29) is 22.3 Å². The third-order valence-electron chi connectivity index (χ3n) is 11.0. The second-order valence-electron chi connectivity index (χ2n) is 14.7. The summed E-state index contributed by atoms with van der Waals surface area (Å²) in [5.41, 5.74) is 2.94. The summed E-state index contributed by atoms with van der Waals surface area (Å²) >= 11 is 3.16. The third-order valence-corrected chi connectivity index (χ3v) is 13.3. The van der Waals surface area contributed by atoms with E-state index < -0.39 is 28.9 Å². The van der Waals surface area contributed by atoms with Crippen LogP contribution in [0.15, 0.2) is 165 Å². The van der Waals surface area contributed by atoms with Gasteiger partial charge in [-0.2, -0.15) is 26.3 Å². The van der Waals surface area contributed by atoms with Crippen molar-refractivity contribution in [1.82, 2.24) is 0 Å². The fraction of sp³-hybridized carbons (Fsp3) is 0.106. The number of fused-ring (bicyclic) bond motifs is 6. The fourth-order valence-corrected chi connectivity index (χ4v) is 10.8. The summed E-state index contributed by atoms with van der Waals surface area (Å²) in [6, 6.07) is 41.6. The van der Waals surface area contributed by atoms with E-state index in [4.69, 9.17) is 0 Å². The van der Waals surface area contributed by atoms with Crippen LogP contribution in [0.1, 0.15) is 36.1 Å². The summed E-state index contributed by atoms with van der Waals surface area (Å²) < 4.78 is 91.5. The zero-order valence-corrected chi connectivity index (χ0v) is 32.0. The summed E-state index contributed by atoms with van der Waals surface area (Å²) in [6.07, 6.45) is -9.54. The first-order valence-corrected chi connectivity index (χ1v) is 19.9. The summed E-state index contributed by atoms with van der Waals surface area (Å²) in [5.74, 6) is 0. The molecule has 3 heterocycles. The molecule has 0 fully saturated rings. The molecule has 0 amide bonds. The number of para-hydroxylation sites is 4. The van der Waals surface area contributed by atoms with Crippen LogP contribution < -0.4 is 9.80 Å². The van der Waals surface area contributed by atoms with E-state index in [2.05, 4.69) is 4.90 Å². The highest BCUT2D eigenvalue weighted by Crippen LogP contribution is 2.67. The van der Waals surface area contributed by atoms with Crippen molar-refractivity contribution in [3.8, 4) is 22.3 Å². The van der Waals surface area contributed by atoms with Crippen LogP contribution in [0.4, 0.5) is 60.5 Å². The Morgan fingerprint density at radius 2 is 0.825 bits per heavy atom. The number of nitrogens with zero attached hydrogens (tertiary/aromatic N) is 2. The van der Waals surface area contributed by atoms with Crippen molar-refractivity contribution >= 4 is 57.6 Å². The minimum atomic E-state index is -4.78. The Balaban J connectivity index is 1.47. The van der Waals surface area contributed by atoms with Gasteiger partial charge in [0, 0.05) is 41.7 Å². The van der Waals surface area contributed by atoms with Gasteiger partial charge in [-0.3, -0.25) is 0 Å². The SMILES string of the molecule is CC1(C)c2cccc3c2N(c2ccccc2S3)c2c(-c3ccccc3C(F)(F)F)cc(-c3ccccc3C(F)(F)F)c(N3c4ccccc4Sc4ccccc43)c21. The molecule has 7 aromatic rings. The van der Waals surface area contributed by atoms with Gasteiger partial charge in [0.1, 0.15) is 0 Å². The smallest absolute Gasteiger partial charge is 0.307 e. The van der Waals surface area contributed by atoms with Crippen molar-refractivity contribution in [2.75, 3.05) is 9.80 Å². The molecule has 0 saturated heterocycles. The van der Waals surface area contributed by atoms with E-state index in [1.165, 1.54) is 24.3 Å². The minimum absolute atomic E-state index is 0.124. The topological polar surface area (TPSA) is 6.48 Å². The van der Waals surface area contributed by atoms with Crippen molar-refractivity contribution in [3.63, 3.8) is 0 Å². The molecule has 10 rings (SSSR count). The van der Waals surface area contributed by atoms with Crippen LogP contribution in [0.5, 0.6) is 0 Å². The molecule has 0 N–H and O–H groups in total. The molecule has 3 aliphatic heterocycles. The summed E-state index contributed by atoms with van der Waals surface area (Å²) in [5, 5.41) is 0. The maximum Gasteiger partial charge on any atom is 0.417 e. The Kier molecular flexibility index (Phi) is 7.99. The van der Waals surface area contributed by atoms with E-state index in [9.17, 15) is 0 Å². The molecule has 7 aromatic carbocycles. The highest BCUT2D eigenvalue weighted by atomic mass is 32.2. The first kappa shape index (κ1) is 35.8. The van der Waals surface area contributed by atoms with Crippen LogP contribution >= 0.6 is 23.5 Å². The van der Waals surface area contributed by atoms with Crippen LogP contribution in [-0.4, -0.2) is 0 Å². The lowest BCUT2D eigenvalue weighted by Gasteiger charge is -2.49. The summed E-state index contributed by atoms with van der Waals surface area (Å²) in [4.78, 5) is 7.70. The first-order valence-electron chi connectivity index (χ1n) is 18.3. The van der Waals surface area contributed by atoms with E-state index >= 15 is 26.3 Å². The lowest BCUT2D eigenvalue weighted by molar-refractivity contribution is -0.137. The van der Waals surface area contributed by atoms with E-state index in [1.807, 2.05) is 110 Å². The van der Waals surface area contributed by atoms with Gasteiger partial charge in [0.2, 0.25) is 0 Å². The maximum absolute atomic E-state index is 15.3.